The summed E-state index contributed by atoms with van der Waals surface area (Å²) in [6.45, 7) is 3.37. The van der Waals surface area contributed by atoms with Gasteiger partial charge in [-0.25, -0.2) is 0 Å². The lowest BCUT2D eigenvalue weighted by Gasteiger charge is -2.35. The number of benzene rings is 1. The van der Waals surface area contributed by atoms with E-state index in [4.69, 9.17) is 9.47 Å². The van der Waals surface area contributed by atoms with Crippen LogP contribution in [0.1, 0.15) is 41.6 Å². The number of hydrogen-bond donors (Lipinski definition) is 1. The number of ether oxygens (including phenoxy) is 2. The monoisotopic (exact) mass is 353 g/mol. The van der Waals surface area contributed by atoms with Gasteiger partial charge in [0.25, 0.3) is 5.91 Å². The maximum Gasteiger partial charge on any atom is 0.251 e. The van der Waals surface area contributed by atoms with Crippen molar-refractivity contribution in [2.75, 3.05) is 13.2 Å². The highest BCUT2D eigenvalue weighted by molar-refractivity contribution is 9.10. The van der Waals surface area contributed by atoms with E-state index in [-0.39, 0.29) is 17.7 Å². The summed E-state index contributed by atoms with van der Waals surface area (Å²) in [5.74, 6) is -0.366. The van der Waals surface area contributed by atoms with Crippen LogP contribution in [0.15, 0.2) is 22.7 Å². The second kappa shape index (κ2) is 6.07. The van der Waals surface area contributed by atoms with Crippen LogP contribution >= 0.6 is 15.9 Å². The van der Waals surface area contributed by atoms with Crippen molar-refractivity contribution in [1.29, 1.82) is 0 Å². The number of halogens is 1. The van der Waals surface area contributed by atoms with Crippen molar-refractivity contribution in [3.05, 3.63) is 33.8 Å². The van der Waals surface area contributed by atoms with Gasteiger partial charge >= 0.3 is 0 Å². The van der Waals surface area contributed by atoms with Crippen LogP contribution in [0.25, 0.3) is 0 Å². The fraction of sp³-hybridized carbons (Fsp3) is 0.562. The van der Waals surface area contributed by atoms with E-state index < -0.39 is 0 Å². The van der Waals surface area contributed by atoms with Gasteiger partial charge in [-0.1, -0.05) is 15.9 Å². The molecule has 1 heterocycles. The van der Waals surface area contributed by atoms with Crippen LogP contribution in [0.4, 0.5) is 0 Å². The number of hydrogen-bond acceptors (Lipinski definition) is 3. The predicted molar refractivity (Wildman–Crippen MR) is 83.2 cm³/mol. The van der Waals surface area contributed by atoms with Crippen molar-refractivity contribution in [2.45, 2.75) is 44.4 Å². The van der Waals surface area contributed by atoms with Gasteiger partial charge in [-0.15, -0.1) is 0 Å². The Bertz CT molecular complexity index is 530. The number of carbonyl (C=O) groups is 1. The largest absolute Gasteiger partial charge is 0.349 e. The fourth-order valence-corrected chi connectivity index (χ4v) is 3.29. The molecule has 1 spiro atoms. The number of rotatable bonds is 2. The third-order valence-electron chi connectivity index (χ3n) is 4.32. The number of aryl methyl sites for hydroxylation is 1. The quantitative estimate of drug-likeness (QED) is 0.888. The molecule has 1 aromatic rings. The average molecular weight is 354 g/mol. The standard InChI is InChI=1S/C16H20BrNO3/c1-11-10-12(2-3-14(11)17)15(19)18-13-4-6-16(7-5-13)20-8-9-21-16/h2-3,10,13H,4-9H2,1H3,(H,18,19). The van der Waals surface area contributed by atoms with E-state index in [0.717, 1.165) is 35.7 Å². The summed E-state index contributed by atoms with van der Waals surface area (Å²) in [7, 11) is 0. The molecule has 3 rings (SSSR count). The molecule has 0 atom stereocenters. The summed E-state index contributed by atoms with van der Waals surface area (Å²) in [6.07, 6.45) is 3.52. The third-order valence-corrected chi connectivity index (χ3v) is 5.21. The van der Waals surface area contributed by atoms with Gasteiger partial charge in [0.1, 0.15) is 0 Å². The molecule has 1 aliphatic carbocycles. The molecule has 21 heavy (non-hydrogen) atoms. The van der Waals surface area contributed by atoms with Crippen LogP contribution in [0.3, 0.4) is 0 Å². The zero-order valence-electron chi connectivity index (χ0n) is 12.2. The maximum atomic E-state index is 12.3. The molecule has 2 fully saturated rings. The van der Waals surface area contributed by atoms with Crippen molar-refractivity contribution in [2.24, 2.45) is 0 Å². The molecule has 1 saturated heterocycles. The van der Waals surface area contributed by atoms with Gasteiger partial charge in [0, 0.05) is 28.9 Å². The Labute approximate surface area is 133 Å². The molecule has 0 bridgehead atoms. The van der Waals surface area contributed by atoms with E-state index in [1.165, 1.54) is 0 Å². The SMILES string of the molecule is Cc1cc(C(=O)NC2CCC3(CC2)OCCO3)ccc1Br. The van der Waals surface area contributed by atoms with Gasteiger partial charge in [-0.05, 0) is 43.5 Å². The van der Waals surface area contributed by atoms with E-state index >= 15 is 0 Å². The van der Waals surface area contributed by atoms with Crippen molar-refractivity contribution in [3.8, 4) is 0 Å². The zero-order chi connectivity index (χ0) is 14.9. The van der Waals surface area contributed by atoms with Crippen molar-refractivity contribution in [3.63, 3.8) is 0 Å². The number of carbonyl (C=O) groups excluding carboxylic acids is 1. The Balaban J connectivity index is 1.57. The average Bonchev–Trinajstić information content (AvgIpc) is 2.93. The first kappa shape index (κ1) is 15.0. The van der Waals surface area contributed by atoms with Gasteiger partial charge in [0.05, 0.1) is 13.2 Å². The Morgan fingerprint density at radius 1 is 1.29 bits per heavy atom. The lowest BCUT2D eigenvalue weighted by molar-refractivity contribution is -0.179. The number of nitrogens with one attached hydrogen (secondary N) is 1. The minimum Gasteiger partial charge on any atom is -0.349 e. The second-order valence-corrected chi connectivity index (χ2v) is 6.67. The van der Waals surface area contributed by atoms with Crippen LogP contribution in [0.5, 0.6) is 0 Å². The summed E-state index contributed by atoms with van der Waals surface area (Å²) >= 11 is 3.45. The molecule has 2 aliphatic rings. The fourth-order valence-electron chi connectivity index (χ4n) is 3.04. The van der Waals surface area contributed by atoms with Crippen molar-refractivity contribution >= 4 is 21.8 Å². The molecule has 1 saturated carbocycles. The molecule has 1 aliphatic heterocycles. The van der Waals surface area contributed by atoms with Crippen LogP contribution in [0, 0.1) is 6.92 Å². The number of amides is 1. The van der Waals surface area contributed by atoms with Crippen LogP contribution in [-0.2, 0) is 9.47 Å². The van der Waals surface area contributed by atoms with E-state index in [9.17, 15) is 4.79 Å². The lowest BCUT2D eigenvalue weighted by atomic mass is 9.90. The summed E-state index contributed by atoms with van der Waals surface area (Å²) < 4.78 is 12.4. The summed E-state index contributed by atoms with van der Waals surface area (Å²) in [5.41, 5.74) is 1.78. The van der Waals surface area contributed by atoms with Gasteiger partial charge in [0.2, 0.25) is 0 Å². The topological polar surface area (TPSA) is 47.6 Å². The van der Waals surface area contributed by atoms with Crippen molar-refractivity contribution in [1.82, 2.24) is 5.32 Å². The van der Waals surface area contributed by atoms with Crippen molar-refractivity contribution < 1.29 is 14.3 Å². The minimum atomic E-state index is -0.366. The Hall–Kier alpha value is -0.910. The normalized spacial score (nSPS) is 21.6. The van der Waals surface area contributed by atoms with Crippen LogP contribution in [0.2, 0.25) is 0 Å². The summed E-state index contributed by atoms with van der Waals surface area (Å²) in [5, 5.41) is 3.12. The molecular formula is C16H20BrNO3. The summed E-state index contributed by atoms with van der Waals surface area (Å²) in [4.78, 5) is 12.3. The molecule has 5 heteroatoms. The predicted octanol–water partition coefficient (Wildman–Crippen LogP) is 3.17. The highest BCUT2D eigenvalue weighted by atomic mass is 79.9. The van der Waals surface area contributed by atoms with Gasteiger partial charge in [-0.2, -0.15) is 0 Å². The minimum absolute atomic E-state index is 0.000177. The Morgan fingerprint density at radius 2 is 1.95 bits per heavy atom. The zero-order valence-corrected chi connectivity index (χ0v) is 13.7. The van der Waals surface area contributed by atoms with Gasteiger partial charge in [0.15, 0.2) is 5.79 Å². The molecule has 0 aromatic heterocycles. The first-order valence-electron chi connectivity index (χ1n) is 7.43. The molecule has 0 unspecified atom stereocenters. The maximum absolute atomic E-state index is 12.3. The van der Waals surface area contributed by atoms with Gasteiger partial charge < -0.3 is 14.8 Å². The first-order chi connectivity index (χ1) is 10.1. The molecule has 1 amide bonds. The Kier molecular flexibility index (Phi) is 4.33. The molecular weight excluding hydrogens is 334 g/mol. The molecule has 1 aromatic carbocycles. The van der Waals surface area contributed by atoms with E-state index in [0.29, 0.717) is 18.8 Å². The van der Waals surface area contributed by atoms with Crippen LogP contribution in [-0.4, -0.2) is 30.9 Å². The highest BCUT2D eigenvalue weighted by Crippen LogP contribution is 2.35. The van der Waals surface area contributed by atoms with E-state index in [1.54, 1.807) is 0 Å². The molecule has 1 N–H and O–H groups in total. The molecule has 114 valence electrons. The first-order valence-corrected chi connectivity index (χ1v) is 8.22. The smallest absolute Gasteiger partial charge is 0.251 e. The van der Waals surface area contributed by atoms with Gasteiger partial charge in [-0.3, -0.25) is 4.79 Å². The second-order valence-electron chi connectivity index (χ2n) is 5.82. The highest BCUT2D eigenvalue weighted by Gasteiger charge is 2.40. The summed E-state index contributed by atoms with van der Waals surface area (Å²) in [6, 6.07) is 5.88. The third kappa shape index (κ3) is 3.30. The molecule has 4 nitrogen and oxygen atoms in total. The molecule has 0 radical (unpaired) electrons. The van der Waals surface area contributed by atoms with E-state index in [1.807, 2.05) is 25.1 Å². The lowest BCUT2D eigenvalue weighted by Crippen LogP contribution is -2.44. The van der Waals surface area contributed by atoms with E-state index in [2.05, 4.69) is 21.2 Å². The Morgan fingerprint density at radius 3 is 2.57 bits per heavy atom. The van der Waals surface area contributed by atoms with Crippen LogP contribution < -0.4 is 5.32 Å².